The van der Waals surface area contributed by atoms with Crippen molar-refractivity contribution in [3.05, 3.63) is 54.6 Å². The van der Waals surface area contributed by atoms with E-state index in [2.05, 4.69) is 55.5 Å². The molecule has 9 nitrogen and oxygen atoms in total. The molecule has 2 atom stereocenters. The van der Waals surface area contributed by atoms with E-state index in [0.29, 0.717) is 5.82 Å². The van der Waals surface area contributed by atoms with Crippen molar-refractivity contribution in [1.29, 1.82) is 0 Å². The molecule has 0 radical (unpaired) electrons. The number of aryl methyl sites for hydroxylation is 1. The van der Waals surface area contributed by atoms with Gasteiger partial charge in [-0.25, -0.2) is 15.0 Å². The Bertz CT molecular complexity index is 1530. The minimum Gasteiger partial charge on any atom is -0.487 e. The molecule has 1 N–H and O–H groups in total. The maximum Gasteiger partial charge on any atom is 0.145 e. The van der Waals surface area contributed by atoms with Crippen molar-refractivity contribution < 1.29 is 9.47 Å². The maximum absolute atomic E-state index is 6.72. The van der Waals surface area contributed by atoms with Crippen LogP contribution < -0.4 is 10.1 Å². The van der Waals surface area contributed by atoms with E-state index >= 15 is 0 Å². The van der Waals surface area contributed by atoms with Crippen LogP contribution in [-0.4, -0.2) is 69.1 Å². The number of hydrogen-bond acceptors (Lipinski definition) is 9. The highest BCUT2D eigenvalue weighted by Crippen LogP contribution is 2.38. The fraction of sp³-hybridized carbons (Fsp3) is 0.308. The fourth-order valence-electron chi connectivity index (χ4n) is 4.72. The Labute approximate surface area is 212 Å². The van der Waals surface area contributed by atoms with Crippen molar-refractivity contribution in [1.82, 2.24) is 29.6 Å². The van der Waals surface area contributed by atoms with Crippen LogP contribution in [0, 0.1) is 0 Å². The van der Waals surface area contributed by atoms with Crippen molar-refractivity contribution >= 4 is 44.0 Å². The first-order valence-corrected chi connectivity index (χ1v) is 12.7. The molecule has 3 aromatic heterocycles. The van der Waals surface area contributed by atoms with Crippen molar-refractivity contribution in [2.45, 2.75) is 18.6 Å². The van der Waals surface area contributed by atoms with Crippen LogP contribution in [0.25, 0.3) is 32.2 Å². The van der Waals surface area contributed by atoms with Gasteiger partial charge in [0.1, 0.15) is 30.1 Å². The molecule has 1 aliphatic heterocycles. The second-order valence-corrected chi connectivity index (χ2v) is 10.0. The van der Waals surface area contributed by atoms with Crippen LogP contribution in [0.3, 0.4) is 0 Å². The Hall–Kier alpha value is -3.60. The largest absolute Gasteiger partial charge is 0.487 e. The molecule has 0 spiro atoms. The topological polar surface area (TPSA) is 90.2 Å². The van der Waals surface area contributed by atoms with Crippen molar-refractivity contribution in [3.63, 3.8) is 0 Å². The molecule has 0 unspecified atom stereocenters. The zero-order valence-electron chi connectivity index (χ0n) is 20.4. The number of anilines is 2. The third-order valence-corrected chi connectivity index (χ3v) is 7.41. The first kappa shape index (κ1) is 22.8. The van der Waals surface area contributed by atoms with E-state index in [1.54, 1.807) is 29.5 Å². The standard InChI is InChI=1S/C26H27N7O2S/c1-32-7-6-21(23(13-32)34-3)35-22-9-16(17-11-30-33(2)12-17)8-20-25(22)26(28-14-27-20)31-18-4-5-19-24(10-18)36-15-29-19/h4-5,8-12,14-15,21,23H,6-7,13H2,1-3H3,(H,27,28,31)/t21-,23-/m0/s1. The molecular weight excluding hydrogens is 474 g/mol. The van der Waals surface area contributed by atoms with Gasteiger partial charge < -0.3 is 19.7 Å². The Morgan fingerprint density at radius 3 is 2.78 bits per heavy atom. The number of methoxy groups -OCH3 is 1. The Morgan fingerprint density at radius 1 is 1.03 bits per heavy atom. The highest BCUT2D eigenvalue weighted by atomic mass is 32.1. The van der Waals surface area contributed by atoms with Crippen molar-refractivity contribution in [2.75, 3.05) is 32.6 Å². The van der Waals surface area contributed by atoms with Gasteiger partial charge >= 0.3 is 0 Å². The van der Waals surface area contributed by atoms with Gasteiger partial charge in [0.05, 0.1) is 32.8 Å². The number of piperidine rings is 1. The predicted octanol–water partition coefficient (Wildman–Crippen LogP) is 4.48. The first-order chi connectivity index (χ1) is 17.6. The summed E-state index contributed by atoms with van der Waals surface area (Å²) >= 11 is 1.61. The average molecular weight is 502 g/mol. The highest BCUT2D eigenvalue weighted by molar-refractivity contribution is 7.16. The number of ether oxygens (including phenoxy) is 2. The van der Waals surface area contributed by atoms with E-state index in [1.807, 2.05) is 37.1 Å². The summed E-state index contributed by atoms with van der Waals surface area (Å²) in [6.07, 6.45) is 6.18. The summed E-state index contributed by atoms with van der Waals surface area (Å²) in [6.45, 7) is 1.76. The predicted molar refractivity (Wildman–Crippen MR) is 142 cm³/mol. The minimum absolute atomic E-state index is 0.0318. The van der Waals surface area contributed by atoms with Crippen LogP contribution in [0.5, 0.6) is 5.75 Å². The zero-order valence-corrected chi connectivity index (χ0v) is 21.2. The summed E-state index contributed by atoms with van der Waals surface area (Å²) in [6, 6.07) is 10.2. The summed E-state index contributed by atoms with van der Waals surface area (Å²) in [7, 11) is 5.76. The molecule has 184 valence electrons. The quantitative estimate of drug-likeness (QED) is 0.364. The molecule has 0 bridgehead atoms. The van der Waals surface area contributed by atoms with Gasteiger partial charge in [-0.05, 0) is 49.4 Å². The number of nitrogens with zero attached hydrogens (tertiary/aromatic N) is 6. The normalized spacial score (nSPS) is 18.6. The zero-order chi connectivity index (χ0) is 24.6. The highest BCUT2D eigenvalue weighted by Gasteiger charge is 2.30. The number of hydrogen-bond donors (Lipinski definition) is 1. The SMILES string of the molecule is CO[C@H]1CN(C)CC[C@@H]1Oc1cc(-c2cnn(C)c2)cc2ncnc(Nc3ccc4ncsc4c3)c12. The average Bonchev–Trinajstić information content (AvgIpc) is 3.53. The molecule has 0 aliphatic carbocycles. The first-order valence-electron chi connectivity index (χ1n) is 11.8. The van der Waals surface area contributed by atoms with Gasteiger partial charge in [-0.15, -0.1) is 11.3 Å². The van der Waals surface area contributed by atoms with Gasteiger partial charge in [-0.1, -0.05) is 0 Å². The molecule has 10 heteroatoms. The van der Waals surface area contributed by atoms with Crippen LogP contribution >= 0.6 is 11.3 Å². The molecule has 1 fully saturated rings. The molecule has 1 aliphatic rings. The van der Waals surface area contributed by atoms with Gasteiger partial charge in [0.25, 0.3) is 0 Å². The number of likely N-dealkylation sites (N-methyl/N-ethyl adjacent to an activating group) is 1. The summed E-state index contributed by atoms with van der Waals surface area (Å²) in [5, 5.41) is 8.68. The van der Waals surface area contributed by atoms with Gasteiger partial charge in [0, 0.05) is 44.7 Å². The van der Waals surface area contributed by atoms with Crippen LogP contribution in [0.4, 0.5) is 11.5 Å². The lowest BCUT2D eigenvalue weighted by Crippen LogP contribution is -2.48. The van der Waals surface area contributed by atoms with E-state index in [4.69, 9.17) is 9.47 Å². The van der Waals surface area contributed by atoms with E-state index in [0.717, 1.165) is 63.2 Å². The van der Waals surface area contributed by atoms with Crippen molar-refractivity contribution in [2.24, 2.45) is 7.05 Å². The summed E-state index contributed by atoms with van der Waals surface area (Å²) < 4.78 is 15.4. The number of rotatable bonds is 6. The smallest absolute Gasteiger partial charge is 0.145 e. The van der Waals surface area contributed by atoms with Gasteiger partial charge in [0.15, 0.2) is 0 Å². The van der Waals surface area contributed by atoms with E-state index in [9.17, 15) is 0 Å². The molecule has 2 aromatic carbocycles. The van der Waals surface area contributed by atoms with E-state index < -0.39 is 0 Å². The lowest BCUT2D eigenvalue weighted by molar-refractivity contribution is -0.0429. The Kier molecular flexibility index (Phi) is 6.00. The molecule has 4 heterocycles. The number of aromatic nitrogens is 5. The number of nitrogens with one attached hydrogen (secondary N) is 1. The molecule has 5 aromatic rings. The maximum atomic E-state index is 6.72. The summed E-state index contributed by atoms with van der Waals surface area (Å²) in [4.78, 5) is 15.9. The van der Waals surface area contributed by atoms with Gasteiger partial charge in [0.2, 0.25) is 0 Å². The van der Waals surface area contributed by atoms with Crippen LogP contribution in [0.15, 0.2) is 54.6 Å². The van der Waals surface area contributed by atoms with Crippen LogP contribution in [0.1, 0.15) is 6.42 Å². The monoisotopic (exact) mass is 501 g/mol. The lowest BCUT2D eigenvalue weighted by Gasteiger charge is -2.36. The molecule has 1 saturated heterocycles. The van der Waals surface area contributed by atoms with E-state index in [-0.39, 0.29) is 12.2 Å². The second-order valence-electron chi connectivity index (χ2n) is 9.13. The van der Waals surface area contributed by atoms with Crippen LogP contribution in [0.2, 0.25) is 0 Å². The summed E-state index contributed by atoms with van der Waals surface area (Å²) in [5.74, 6) is 1.42. The third-order valence-electron chi connectivity index (χ3n) is 6.62. The third kappa shape index (κ3) is 4.39. The fourth-order valence-corrected chi connectivity index (χ4v) is 5.44. The molecule has 0 saturated carbocycles. The Morgan fingerprint density at radius 2 is 1.94 bits per heavy atom. The summed E-state index contributed by atoms with van der Waals surface area (Å²) in [5.41, 5.74) is 6.56. The second kappa shape index (κ2) is 9.45. The Balaban J connectivity index is 1.45. The van der Waals surface area contributed by atoms with Gasteiger partial charge in [-0.3, -0.25) is 4.68 Å². The molecule has 36 heavy (non-hydrogen) atoms. The van der Waals surface area contributed by atoms with Crippen LogP contribution in [-0.2, 0) is 11.8 Å². The molecule has 6 rings (SSSR count). The molecule has 0 amide bonds. The number of likely N-dealkylation sites (tertiary alicyclic amines) is 1. The number of thiazole rings is 1. The lowest BCUT2D eigenvalue weighted by atomic mass is 10.0. The van der Waals surface area contributed by atoms with Gasteiger partial charge in [-0.2, -0.15) is 5.10 Å². The molecular formula is C26H27N7O2S. The number of fused-ring (bicyclic) bond motifs is 2. The minimum atomic E-state index is -0.0832. The van der Waals surface area contributed by atoms with E-state index in [1.165, 1.54) is 0 Å². The van der Waals surface area contributed by atoms with Crippen molar-refractivity contribution in [3.8, 4) is 16.9 Å². The number of benzene rings is 2.